The van der Waals surface area contributed by atoms with Gasteiger partial charge in [0.1, 0.15) is 0 Å². The molecule has 4 heteroatoms. The summed E-state index contributed by atoms with van der Waals surface area (Å²) in [7, 11) is 0. The zero-order valence-electron chi connectivity index (χ0n) is 10.3. The van der Waals surface area contributed by atoms with E-state index in [0.29, 0.717) is 10.8 Å². The Kier molecular flexibility index (Phi) is 4.98. The molecule has 1 heterocycles. The smallest absolute Gasteiger partial charge is 0.0963 e. The first kappa shape index (κ1) is 14.1. The molecule has 0 aliphatic carbocycles. The quantitative estimate of drug-likeness (QED) is 0.898. The highest BCUT2D eigenvalue weighted by molar-refractivity contribution is 7.14. The summed E-state index contributed by atoms with van der Waals surface area (Å²) in [5.41, 5.74) is 1.92. The molecule has 0 fully saturated rings. The molecule has 1 aromatic carbocycles. The third-order valence-corrected chi connectivity index (χ3v) is 4.39. The van der Waals surface area contributed by atoms with E-state index in [1.165, 1.54) is 11.3 Å². The standard InChI is InChI=1S/C15H14ClNOS/c16-15-13(7-9-19-15)12(6-8-18)14(10-17)11-4-2-1-3-5-11/h1-5,7,9,12,14,18H,6,8H2/t12-,14+/m1/s1. The van der Waals surface area contributed by atoms with Gasteiger partial charge in [-0.15, -0.1) is 11.3 Å². The maximum atomic E-state index is 9.49. The van der Waals surface area contributed by atoms with Crippen molar-refractivity contribution in [3.05, 3.63) is 57.2 Å². The number of hydrogen-bond acceptors (Lipinski definition) is 3. The number of aliphatic hydroxyl groups excluding tert-OH is 1. The minimum atomic E-state index is -0.291. The normalized spacial score (nSPS) is 13.7. The topological polar surface area (TPSA) is 44.0 Å². The Labute approximate surface area is 121 Å². The molecule has 2 atom stereocenters. The fourth-order valence-electron chi connectivity index (χ4n) is 2.27. The zero-order chi connectivity index (χ0) is 13.7. The van der Waals surface area contributed by atoms with Crippen LogP contribution in [0.4, 0.5) is 0 Å². The first-order chi connectivity index (χ1) is 9.27. The molecule has 1 N–H and O–H groups in total. The Morgan fingerprint density at radius 3 is 2.53 bits per heavy atom. The fourth-order valence-corrected chi connectivity index (χ4v) is 3.32. The molecule has 0 saturated heterocycles. The molecular formula is C15H14ClNOS. The molecule has 0 radical (unpaired) electrons. The summed E-state index contributed by atoms with van der Waals surface area (Å²) < 4.78 is 0.703. The van der Waals surface area contributed by atoms with Crippen molar-refractivity contribution in [2.45, 2.75) is 18.3 Å². The van der Waals surface area contributed by atoms with Gasteiger partial charge >= 0.3 is 0 Å². The van der Waals surface area contributed by atoms with Gasteiger partial charge in [-0.1, -0.05) is 41.9 Å². The van der Waals surface area contributed by atoms with E-state index in [-0.39, 0.29) is 18.4 Å². The minimum Gasteiger partial charge on any atom is -0.396 e. The van der Waals surface area contributed by atoms with Gasteiger partial charge in [-0.05, 0) is 29.0 Å². The number of thiophene rings is 1. The lowest BCUT2D eigenvalue weighted by molar-refractivity contribution is 0.272. The zero-order valence-corrected chi connectivity index (χ0v) is 11.9. The van der Waals surface area contributed by atoms with E-state index < -0.39 is 0 Å². The van der Waals surface area contributed by atoms with Gasteiger partial charge < -0.3 is 5.11 Å². The molecule has 2 aromatic rings. The highest BCUT2D eigenvalue weighted by Gasteiger charge is 2.26. The van der Waals surface area contributed by atoms with Crippen LogP contribution in [-0.2, 0) is 0 Å². The van der Waals surface area contributed by atoms with Crippen LogP contribution in [0.3, 0.4) is 0 Å². The number of aliphatic hydroxyl groups is 1. The van der Waals surface area contributed by atoms with Crippen LogP contribution in [0, 0.1) is 11.3 Å². The highest BCUT2D eigenvalue weighted by atomic mass is 35.5. The van der Waals surface area contributed by atoms with Gasteiger partial charge in [0.15, 0.2) is 0 Å². The summed E-state index contributed by atoms with van der Waals surface area (Å²) in [5, 5.41) is 20.7. The summed E-state index contributed by atoms with van der Waals surface area (Å²) in [4.78, 5) is 0. The Hall–Kier alpha value is -1.34. The summed E-state index contributed by atoms with van der Waals surface area (Å²) in [6, 6.07) is 14.0. The van der Waals surface area contributed by atoms with Crippen LogP contribution in [0.2, 0.25) is 4.34 Å². The molecule has 0 aliphatic heterocycles. The number of nitrogens with zero attached hydrogens (tertiary/aromatic N) is 1. The van der Waals surface area contributed by atoms with Gasteiger partial charge in [0.05, 0.1) is 16.3 Å². The maximum Gasteiger partial charge on any atom is 0.0963 e. The molecule has 1 aromatic heterocycles. The number of benzene rings is 1. The highest BCUT2D eigenvalue weighted by Crippen LogP contribution is 2.40. The molecule has 0 spiro atoms. The molecular weight excluding hydrogens is 278 g/mol. The molecule has 0 amide bonds. The van der Waals surface area contributed by atoms with E-state index in [9.17, 15) is 10.4 Å². The Bertz CT molecular complexity index is 561. The second-order valence-corrected chi connectivity index (χ2v) is 5.80. The largest absolute Gasteiger partial charge is 0.396 e. The van der Waals surface area contributed by atoms with Crippen LogP contribution < -0.4 is 0 Å². The van der Waals surface area contributed by atoms with Crippen molar-refractivity contribution in [3.63, 3.8) is 0 Å². The molecule has 0 aliphatic rings. The van der Waals surface area contributed by atoms with Crippen LogP contribution in [0.15, 0.2) is 41.8 Å². The molecule has 0 saturated carbocycles. The number of nitriles is 1. The van der Waals surface area contributed by atoms with Crippen molar-refractivity contribution in [2.75, 3.05) is 6.61 Å². The van der Waals surface area contributed by atoms with E-state index in [1.54, 1.807) is 0 Å². The monoisotopic (exact) mass is 291 g/mol. The lowest BCUT2D eigenvalue weighted by Crippen LogP contribution is -2.11. The van der Waals surface area contributed by atoms with Crippen molar-refractivity contribution in [1.29, 1.82) is 5.26 Å². The van der Waals surface area contributed by atoms with Crippen LogP contribution in [-0.4, -0.2) is 11.7 Å². The van der Waals surface area contributed by atoms with Crippen LogP contribution in [0.5, 0.6) is 0 Å². The van der Waals surface area contributed by atoms with Crippen molar-refractivity contribution in [3.8, 4) is 6.07 Å². The van der Waals surface area contributed by atoms with Gasteiger partial charge in [-0.2, -0.15) is 5.26 Å². The van der Waals surface area contributed by atoms with Gasteiger partial charge in [0.25, 0.3) is 0 Å². The Morgan fingerprint density at radius 1 is 1.26 bits per heavy atom. The first-order valence-corrected chi connectivity index (χ1v) is 7.32. The predicted octanol–water partition coefficient (Wildman–Crippen LogP) is 4.17. The van der Waals surface area contributed by atoms with Gasteiger partial charge in [0, 0.05) is 12.5 Å². The van der Waals surface area contributed by atoms with E-state index in [1.807, 2.05) is 41.8 Å². The van der Waals surface area contributed by atoms with E-state index in [0.717, 1.165) is 11.1 Å². The van der Waals surface area contributed by atoms with Crippen LogP contribution in [0.1, 0.15) is 29.4 Å². The van der Waals surface area contributed by atoms with Crippen LogP contribution in [0.25, 0.3) is 0 Å². The van der Waals surface area contributed by atoms with E-state index >= 15 is 0 Å². The summed E-state index contributed by atoms with van der Waals surface area (Å²) in [5.74, 6) is -0.364. The third-order valence-electron chi connectivity index (χ3n) is 3.19. The minimum absolute atomic E-state index is 0.0435. The second kappa shape index (κ2) is 6.72. The van der Waals surface area contributed by atoms with Gasteiger partial charge in [-0.25, -0.2) is 0 Å². The SMILES string of the molecule is N#C[C@@H](c1ccccc1)[C@H](CCO)c1ccsc1Cl. The van der Waals surface area contributed by atoms with Gasteiger partial charge in [0.2, 0.25) is 0 Å². The molecule has 98 valence electrons. The van der Waals surface area contributed by atoms with Crippen LogP contribution >= 0.6 is 22.9 Å². The summed E-state index contributed by atoms with van der Waals surface area (Å²) >= 11 is 7.64. The Balaban J connectivity index is 2.38. The average Bonchev–Trinajstić information content (AvgIpc) is 2.86. The fraction of sp³-hybridized carbons (Fsp3) is 0.267. The number of hydrogen-bond donors (Lipinski definition) is 1. The van der Waals surface area contributed by atoms with E-state index in [2.05, 4.69) is 6.07 Å². The van der Waals surface area contributed by atoms with Crippen molar-refractivity contribution < 1.29 is 5.11 Å². The second-order valence-electron chi connectivity index (χ2n) is 4.29. The number of rotatable bonds is 5. The number of halogens is 1. The Morgan fingerprint density at radius 2 is 2.00 bits per heavy atom. The molecule has 2 rings (SSSR count). The predicted molar refractivity (Wildman–Crippen MR) is 78.6 cm³/mol. The molecule has 0 unspecified atom stereocenters. The first-order valence-electron chi connectivity index (χ1n) is 6.06. The van der Waals surface area contributed by atoms with E-state index in [4.69, 9.17) is 11.6 Å². The maximum absolute atomic E-state index is 9.49. The lowest BCUT2D eigenvalue weighted by atomic mass is 9.81. The van der Waals surface area contributed by atoms with Crippen molar-refractivity contribution in [2.24, 2.45) is 0 Å². The summed E-state index contributed by atoms with van der Waals surface area (Å²) in [6.45, 7) is 0.0435. The molecule has 0 bridgehead atoms. The third kappa shape index (κ3) is 3.16. The van der Waals surface area contributed by atoms with Crippen molar-refractivity contribution >= 4 is 22.9 Å². The molecule has 19 heavy (non-hydrogen) atoms. The van der Waals surface area contributed by atoms with Crippen molar-refractivity contribution in [1.82, 2.24) is 0 Å². The molecule has 2 nitrogen and oxygen atoms in total. The van der Waals surface area contributed by atoms with Gasteiger partial charge in [-0.3, -0.25) is 0 Å². The average molecular weight is 292 g/mol. The summed E-state index contributed by atoms with van der Waals surface area (Å²) in [6.07, 6.45) is 0.531. The lowest BCUT2D eigenvalue weighted by Gasteiger charge is -2.21.